The minimum atomic E-state index is -4.94. The molecule has 2 N–H and O–H groups in total. The molecule has 0 aliphatic heterocycles. The van der Waals surface area contributed by atoms with Crippen molar-refractivity contribution in [2.24, 2.45) is 0 Å². The number of amides is 2. The van der Waals surface area contributed by atoms with Gasteiger partial charge < -0.3 is 10.6 Å². The lowest BCUT2D eigenvalue weighted by molar-refractivity contribution is -0.173. The van der Waals surface area contributed by atoms with Crippen LogP contribution in [-0.2, 0) is 9.59 Å². The second kappa shape index (κ2) is 7.41. The van der Waals surface area contributed by atoms with E-state index in [1.807, 2.05) is 0 Å². The van der Waals surface area contributed by atoms with Crippen molar-refractivity contribution in [3.63, 3.8) is 0 Å². The van der Waals surface area contributed by atoms with Gasteiger partial charge in [0.1, 0.15) is 5.82 Å². The summed E-state index contributed by atoms with van der Waals surface area (Å²) in [7, 11) is 0. The smallest absolute Gasteiger partial charge is 0.351 e. The summed E-state index contributed by atoms with van der Waals surface area (Å²) in [6.07, 6.45) is -2.48. The maximum absolute atomic E-state index is 12.8. The van der Waals surface area contributed by atoms with E-state index in [0.29, 0.717) is 5.56 Å². The van der Waals surface area contributed by atoms with Gasteiger partial charge in [-0.05, 0) is 23.8 Å². The second-order valence-corrected chi connectivity index (χ2v) is 3.93. The molecule has 1 aromatic carbocycles. The Hall–Kier alpha value is -2.38. The standard InChI is InChI=1S/C13H12F4N2O2/c14-10-3-1-2-9(8-10)4-5-11(20)18-6-7-19-12(21)13(15,16)17/h1-5,8H,6-7H2,(H,18,20)(H,19,21)/b5-4+. The SMILES string of the molecule is O=C(/C=C/c1cccc(F)c1)NCCNC(=O)C(F)(F)F. The van der Waals surface area contributed by atoms with Gasteiger partial charge in [0.25, 0.3) is 0 Å². The number of benzene rings is 1. The maximum atomic E-state index is 12.8. The number of alkyl halides is 3. The first kappa shape index (κ1) is 16.7. The fraction of sp³-hybridized carbons (Fsp3) is 0.231. The predicted octanol–water partition coefficient (Wildman–Crippen LogP) is 1.63. The zero-order valence-corrected chi connectivity index (χ0v) is 10.7. The molecule has 8 heteroatoms. The van der Waals surface area contributed by atoms with E-state index in [1.165, 1.54) is 24.3 Å². The Kier molecular flexibility index (Phi) is 5.89. The van der Waals surface area contributed by atoms with E-state index in [2.05, 4.69) is 5.32 Å². The van der Waals surface area contributed by atoms with Crippen molar-refractivity contribution in [1.82, 2.24) is 10.6 Å². The molecule has 4 nitrogen and oxygen atoms in total. The minimum absolute atomic E-state index is 0.159. The molecule has 0 saturated heterocycles. The van der Waals surface area contributed by atoms with E-state index < -0.39 is 23.8 Å². The molecule has 0 spiro atoms. The molecular weight excluding hydrogens is 292 g/mol. The molecule has 0 bridgehead atoms. The highest BCUT2D eigenvalue weighted by atomic mass is 19.4. The van der Waals surface area contributed by atoms with E-state index in [0.717, 1.165) is 6.08 Å². The van der Waals surface area contributed by atoms with E-state index in [1.54, 1.807) is 11.4 Å². The largest absolute Gasteiger partial charge is 0.471 e. The topological polar surface area (TPSA) is 58.2 Å². The molecule has 2 amide bonds. The van der Waals surface area contributed by atoms with Crippen LogP contribution < -0.4 is 10.6 Å². The van der Waals surface area contributed by atoms with Crippen LogP contribution in [0.15, 0.2) is 30.3 Å². The summed E-state index contributed by atoms with van der Waals surface area (Å²) in [5, 5.41) is 3.88. The molecule has 0 aliphatic carbocycles. The van der Waals surface area contributed by atoms with Crippen molar-refractivity contribution in [1.29, 1.82) is 0 Å². The Morgan fingerprint density at radius 1 is 1.14 bits per heavy atom. The van der Waals surface area contributed by atoms with Crippen molar-refractivity contribution in [3.8, 4) is 0 Å². The van der Waals surface area contributed by atoms with Gasteiger partial charge >= 0.3 is 12.1 Å². The highest BCUT2D eigenvalue weighted by molar-refractivity contribution is 5.91. The Labute approximate surface area is 117 Å². The van der Waals surface area contributed by atoms with Crippen LogP contribution in [0.3, 0.4) is 0 Å². The normalized spacial score (nSPS) is 11.4. The lowest BCUT2D eigenvalue weighted by atomic mass is 10.2. The van der Waals surface area contributed by atoms with Gasteiger partial charge in [-0.2, -0.15) is 13.2 Å². The van der Waals surface area contributed by atoms with Gasteiger partial charge in [-0.1, -0.05) is 12.1 Å². The second-order valence-electron chi connectivity index (χ2n) is 3.93. The Bertz CT molecular complexity index is 541. The van der Waals surface area contributed by atoms with Gasteiger partial charge in [0.05, 0.1) is 0 Å². The number of hydrogen-bond acceptors (Lipinski definition) is 2. The molecule has 21 heavy (non-hydrogen) atoms. The van der Waals surface area contributed by atoms with Gasteiger partial charge in [0, 0.05) is 19.2 Å². The summed E-state index contributed by atoms with van der Waals surface area (Å²) in [6, 6.07) is 5.52. The molecule has 0 fully saturated rings. The minimum Gasteiger partial charge on any atom is -0.351 e. The molecule has 0 heterocycles. The van der Waals surface area contributed by atoms with E-state index in [9.17, 15) is 27.2 Å². The average molecular weight is 304 g/mol. The van der Waals surface area contributed by atoms with Crippen LogP contribution in [0.2, 0.25) is 0 Å². The molecule has 0 unspecified atom stereocenters. The first-order valence-electron chi connectivity index (χ1n) is 5.85. The average Bonchev–Trinajstić information content (AvgIpc) is 2.40. The highest BCUT2D eigenvalue weighted by Gasteiger charge is 2.38. The highest BCUT2D eigenvalue weighted by Crippen LogP contribution is 2.13. The molecule has 114 valence electrons. The third kappa shape index (κ3) is 6.55. The third-order valence-corrected chi connectivity index (χ3v) is 2.24. The number of nitrogens with one attached hydrogen (secondary N) is 2. The van der Waals surface area contributed by atoms with Crippen LogP contribution >= 0.6 is 0 Å². The number of carbonyl (C=O) groups excluding carboxylic acids is 2. The summed E-state index contributed by atoms with van der Waals surface area (Å²) in [4.78, 5) is 21.8. The van der Waals surface area contributed by atoms with E-state index in [-0.39, 0.29) is 13.1 Å². The molecule has 0 aliphatic rings. The Morgan fingerprint density at radius 2 is 1.81 bits per heavy atom. The summed E-state index contributed by atoms with van der Waals surface area (Å²) >= 11 is 0. The predicted molar refractivity (Wildman–Crippen MR) is 67.5 cm³/mol. The Morgan fingerprint density at radius 3 is 2.43 bits per heavy atom. The molecule has 0 radical (unpaired) electrons. The van der Waals surface area contributed by atoms with Crippen LogP contribution in [0.4, 0.5) is 17.6 Å². The fourth-order valence-electron chi connectivity index (χ4n) is 1.30. The van der Waals surface area contributed by atoms with Crippen molar-refractivity contribution in [3.05, 3.63) is 41.7 Å². The third-order valence-electron chi connectivity index (χ3n) is 2.24. The maximum Gasteiger partial charge on any atom is 0.471 e. The summed E-state index contributed by atoms with van der Waals surface area (Å²) in [5.41, 5.74) is 0.468. The van der Waals surface area contributed by atoms with Gasteiger partial charge in [0.15, 0.2) is 0 Å². The monoisotopic (exact) mass is 304 g/mol. The van der Waals surface area contributed by atoms with Crippen molar-refractivity contribution in [2.45, 2.75) is 6.18 Å². The molecule has 0 aromatic heterocycles. The van der Waals surface area contributed by atoms with Crippen LogP contribution in [0.25, 0.3) is 6.08 Å². The summed E-state index contributed by atoms with van der Waals surface area (Å²) in [6.45, 7) is -0.508. The fourth-order valence-corrected chi connectivity index (χ4v) is 1.30. The van der Waals surface area contributed by atoms with Crippen LogP contribution in [-0.4, -0.2) is 31.1 Å². The molecule has 1 aromatic rings. The molecular formula is C13H12F4N2O2. The van der Waals surface area contributed by atoms with E-state index in [4.69, 9.17) is 0 Å². The molecule has 1 rings (SSSR count). The first-order valence-corrected chi connectivity index (χ1v) is 5.85. The van der Waals surface area contributed by atoms with Gasteiger partial charge in [-0.3, -0.25) is 9.59 Å². The zero-order chi connectivity index (χ0) is 15.9. The van der Waals surface area contributed by atoms with Crippen molar-refractivity contribution < 1.29 is 27.2 Å². The van der Waals surface area contributed by atoms with Crippen LogP contribution in [0.1, 0.15) is 5.56 Å². The number of rotatable bonds is 5. The Balaban J connectivity index is 2.30. The summed E-state index contributed by atoms with van der Waals surface area (Å²) < 4.78 is 48.4. The van der Waals surface area contributed by atoms with Crippen molar-refractivity contribution >= 4 is 17.9 Å². The summed E-state index contributed by atoms with van der Waals surface area (Å²) in [5.74, 6) is -3.08. The zero-order valence-electron chi connectivity index (χ0n) is 10.7. The van der Waals surface area contributed by atoms with Gasteiger partial charge in [-0.25, -0.2) is 4.39 Å². The molecule has 0 saturated carbocycles. The number of halogens is 4. The van der Waals surface area contributed by atoms with Gasteiger partial charge in [-0.15, -0.1) is 0 Å². The number of carbonyl (C=O) groups is 2. The van der Waals surface area contributed by atoms with Gasteiger partial charge in [0.2, 0.25) is 5.91 Å². The van der Waals surface area contributed by atoms with Crippen LogP contribution in [0.5, 0.6) is 0 Å². The molecule has 0 atom stereocenters. The van der Waals surface area contributed by atoms with Crippen molar-refractivity contribution in [2.75, 3.05) is 13.1 Å². The lowest BCUT2D eigenvalue weighted by Gasteiger charge is -2.07. The number of hydrogen-bond donors (Lipinski definition) is 2. The quantitative estimate of drug-likeness (QED) is 0.493. The van der Waals surface area contributed by atoms with E-state index >= 15 is 0 Å². The first-order chi connectivity index (χ1) is 9.79. The lowest BCUT2D eigenvalue weighted by Crippen LogP contribution is -2.40. The van der Waals surface area contributed by atoms with Crippen LogP contribution in [0, 0.1) is 5.82 Å².